The second-order valence-electron chi connectivity index (χ2n) is 3.43. The molecule has 1 fully saturated rings. The zero-order chi connectivity index (χ0) is 9.26. The lowest BCUT2D eigenvalue weighted by molar-refractivity contribution is 0.101. The van der Waals surface area contributed by atoms with E-state index in [9.17, 15) is 0 Å². The van der Waals surface area contributed by atoms with E-state index in [1.165, 1.54) is 0 Å². The first kappa shape index (κ1) is 9.03. The van der Waals surface area contributed by atoms with E-state index in [4.69, 9.17) is 10.5 Å². The van der Waals surface area contributed by atoms with Gasteiger partial charge in [0.1, 0.15) is 11.9 Å². The van der Waals surface area contributed by atoms with E-state index in [1.807, 2.05) is 24.3 Å². The molecule has 3 heteroatoms. The molecule has 70 valence electrons. The van der Waals surface area contributed by atoms with Crippen molar-refractivity contribution in [1.29, 1.82) is 0 Å². The van der Waals surface area contributed by atoms with E-state index in [2.05, 4.69) is 15.9 Å². The molecule has 1 aliphatic rings. The molecule has 1 aliphatic carbocycles. The number of ether oxygens (including phenoxy) is 1. The summed E-state index contributed by atoms with van der Waals surface area (Å²) in [6.07, 6.45) is 2.28. The van der Waals surface area contributed by atoms with Gasteiger partial charge in [-0.1, -0.05) is 22.0 Å². The Bertz CT molecular complexity index is 297. The molecule has 0 spiro atoms. The summed E-state index contributed by atoms with van der Waals surface area (Å²) in [6.45, 7) is 0. The van der Waals surface area contributed by atoms with E-state index >= 15 is 0 Å². The van der Waals surface area contributed by atoms with Gasteiger partial charge in [-0.05, 0) is 31.0 Å². The highest BCUT2D eigenvalue weighted by Crippen LogP contribution is 2.26. The molecule has 0 aliphatic heterocycles. The first-order chi connectivity index (χ1) is 6.24. The van der Waals surface area contributed by atoms with Crippen LogP contribution in [-0.2, 0) is 0 Å². The summed E-state index contributed by atoms with van der Waals surface area (Å²) in [4.78, 5) is 0. The molecule has 2 rings (SSSR count). The van der Waals surface area contributed by atoms with Gasteiger partial charge in [-0.15, -0.1) is 0 Å². The molecular weight excluding hydrogens is 230 g/mol. The average Bonchev–Trinajstić information content (AvgIpc) is 2.01. The number of rotatable bonds is 2. The third-order valence-corrected chi connectivity index (χ3v) is 2.72. The molecule has 1 saturated carbocycles. The Morgan fingerprint density at radius 3 is 2.77 bits per heavy atom. The number of benzene rings is 1. The summed E-state index contributed by atoms with van der Waals surface area (Å²) in [5, 5.41) is 0. The zero-order valence-corrected chi connectivity index (χ0v) is 8.83. The minimum Gasteiger partial charge on any atom is -0.490 e. The molecule has 0 atom stereocenters. The molecule has 0 radical (unpaired) electrons. The second kappa shape index (κ2) is 3.68. The highest BCUT2D eigenvalue weighted by atomic mass is 79.9. The molecule has 1 aromatic rings. The summed E-state index contributed by atoms with van der Waals surface area (Å²) in [6, 6.07) is 8.24. The Morgan fingerprint density at radius 1 is 1.38 bits per heavy atom. The molecule has 0 bridgehead atoms. The minimum absolute atomic E-state index is 0.323. The van der Waals surface area contributed by atoms with E-state index in [-0.39, 0.29) is 0 Å². The Morgan fingerprint density at radius 2 is 2.15 bits per heavy atom. The third-order valence-electron chi connectivity index (χ3n) is 2.23. The van der Waals surface area contributed by atoms with Crippen LogP contribution in [0.1, 0.15) is 12.8 Å². The van der Waals surface area contributed by atoms with Crippen molar-refractivity contribution in [2.24, 2.45) is 5.73 Å². The molecule has 0 unspecified atom stereocenters. The van der Waals surface area contributed by atoms with Crippen LogP contribution in [0, 0.1) is 0 Å². The van der Waals surface area contributed by atoms with Gasteiger partial charge in [0.15, 0.2) is 0 Å². The molecular formula is C10H12BrNO. The van der Waals surface area contributed by atoms with Gasteiger partial charge in [0, 0.05) is 10.5 Å². The van der Waals surface area contributed by atoms with Gasteiger partial charge in [0.05, 0.1) is 0 Å². The maximum Gasteiger partial charge on any atom is 0.120 e. The molecule has 0 heterocycles. The lowest BCUT2D eigenvalue weighted by Gasteiger charge is -2.32. The standard InChI is InChI=1S/C10H12BrNO/c11-7-2-1-3-9(4-7)13-10-5-8(12)6-10/h1-4,8,10H,5-6,12H2. The van der Waals surface area contributed by atoms with Gasteiger partial charge in [0.25, 0.3) is 0 Å². The Balaban J connectivity index is 1.94. The Kier molecular flexibility index (Phi) is 2.56. The van der Waals surface area contributed by atoms with Crippen LogP contribution in [0.4, 0.5) is 0 Å². The SMILES string of the molecule is NC1CC(Oc2cccc(Br)c2)C1. The topological polar surface area (TPSA) is 35.2 Å². The van der Waals surface area contributed by atoms with E-state index < -0.39 is 0 Å². The van der Waals surface area contributed by atoms with Crippen molar-refractivity contribution in [3.05, 3.63) is 28.7 Å². The minimum atomic E-state index is 0.323. The van der Waals surface area contributed by atoms with Crippen molar-refractivity contribution in [1.82, 2.24) is 0 Å². The molecule has 0 aromatic heterocycles. The summed E-state index contributed by atoms with van der Waals surface area (Å²) >= 11 is 3.40. The van der Waals surface area contributed by atoms with Crippen LogP contribution >= 0.6 is 15.9 Å². The summed E-state index contributed by atoms with van der Waals surface area (Å²) in [5.74, 6) is 0.922. The van der Waals surface area contributed by atoms with Gasteiger partial charge in [-0.3, -0.25) is 0 Å². The quantitative estimate of drug-likeness (QED) is 0.863. The fourth-order valence-corrected chi connectivity index (χ4v) is 1.81. The van der Waals surface area contributed by atoms with E-state index in [0.29, 0.717) is 12.1 Å². The third kappa shape index (κ3) is 2.23. The van der Waals surface area contributed by atoms with Crippen LogP contribution in [-0.4, -0.2) is 12.1 Å². The molecule has 2 N–H and O–H groups in total. The lowest BCUT2D eigenvalue weighted by Crippen LogP contribution is -2.43. The molecule has 13 heavy (non-hydrogen) atoms. The average molecular weight is 242 g/mol. The monoisotopic (exact) mass is 241 g/mol. The number of hydrogen-bond acceptors (Lipinski definition) is 2. The largest absolute Gasteiger partial charge is 0.490 e. The fraction of sp³-hybridized carbons (Fsp3) is 0.400. The maximum absolute atomic E-state index is 5.69. The first-order valence-electron chi connectivity index (χ1n) is 4.42. The van der Waals surface area contributed by atoms with Crippen molar-refractivity contribution >= 4 is 15.9 Å². The zero-order valence-electron chi connectivity index (χ0n) is 7.24. The van der Waals surface area contributed by atoms with Crippen molar-refractivity contribution in [2.75, 3.05) is 0 Å². The van der Waals surface area contributed by atoms with Crippen molar-refractivity contribution in [3.63, 3.8) is 0 Å². The Hall–Kier alpha value is -0.540. The second-order valence-corrected chi connectivity index (χ2v) is 4.34. The van der Waals surface area contributed by atoms with Gasteiger partial charge >= 0.3 is 0 Å². The summed E-state index contributed by atoms with van der Waals surface area (Å²) in [7, 11) is 0. The first-order valence-corrected chi connectivity index (χ1v) is 5.21. The normalized spacial score (nSPS) is 26.6. The van der Waals surface area contributed by atoms with Crippen LogP contribution in [0.25, 0.3) is 0 Å². The number of halogens is 1. The molecule has 2 nitrogen and oxygen atoms in total. The van der Waals surface area contributed by atoms with Crippen LogP contribution in [0.2, 0.25) is 0 Å². The van der Waals surface area contributed by atoms with Gasteiger partial charge in [-0.2, -0.15) is 0 Å². The molecule has 1 aromatic carbocycles. The summed E-state index contributed by atoms with van der Waals surface area (Å²) < 4.78 is 6.74. The van der Waals surface area contributed by atoms with Crippen molar-refractivity contribution < 1.29 is 4.74 Å². The fourth-order valence-electron chi connectivity index (χ4n) is 1.44. The molecule has 0 saturated heterocycles. The van der Waals surface area contributed by atoms with Crippen LogP contribution in [0.3, 0.4) is 0 Å². The van der Waals surface area contributed by atoms with Gasteiger partial charge in [0.2, 0.25) is 0 Å². The van der Waals surface area contributed by atoms with E-state index in [1.54, 1.807) is 0 Å². The highest BCUT2D eigenvalue weighted by molar-refractivity contribution is 9.10. The summed E-state index contributed by atoms with van der Waals surface area (Å²) in [5.41, 5.74) is 5.66. The van der Waals surface area contributed by atoms with Gasteiger partial charge in [-0.25, -0.2) is 0 Å². The predicted octanol–water partition coefficient (Wildman–Crippen LogP) is 2.32. The van der Waals surface area contributed by atoms with E-state index in [0.717, 1.165) is 23.1 Å². The van der Waals surface area contributed by atoms with Crippen molar-refractivity contribution in [2.45, 2.75) is 25.0 Å². The maximum atomic E-state index is 5.69. The van der Waals surface area contributed by atoms with Crippen LogP contribution < -0.4 is 10.5 Å². The van der Waals surface area contributed by atoms with Crippen molar-refractivity contribution in [3.8, 4) is 5.75 Å². The predicted molar refractivity (Wildman–Crippen MR) is 55.8 cm³/mol. The molecule has 0 amide bonds. The smallest absolute Gasteiger partial charge is 0.120 e. The number of nitrogens with two attached hydrogens (primary N) is 1. The lowest BCUT2D eigenvalue weighted by atomic mass is 9.90. The van der Waals surface area contributed by atoms with Crippen LogP contribution in [0.5, 0.6) is 5.75 Å². The van der Waals surface area contributed by atoms with Crippen LogP contribution in [0.15, 0.2) is 28.7 Å². The number of hydrogen-bond donors (Lipinski definition) is 1. The highest BCUT2D eigenvalue weighted by Gasteiger charge is 2.27. The Labute approximate surface area is 86.2 Å². The van der Waals surface area contributed by atoms with Gasteiger partial charge < -0.3 is 10.5 Å².